The quantitative estimate of drug-likeness (QED) is 0.791. The molecule has 0 radical (unpaired) electrons. The van der Waals surface area contributed by atoms with Crippen LogP contribution in [0, 0.1) is 22.7 Å². The smallest absolute Gasteiger partial charge is 0.157 e. The molecule has 1 fully saturated rings. The van der Waals surface area contributed by atoms with Crippen molar-refractivity contribution in [3.8, 4) is 12.1 Å². The van der Waals surface area contributed by atoms with Gasteiger partial charge in [0.2, 0.25) is 0 Å². The van der Waals surface area contributed by atoms with E-state index in [9.17, 15) is 0 Å². The first-order valence-corrected chi connectivity index (χ1v) is 7.62. The average molecular weight is 299 g/mol. The number of hydrogen-bond acceptors (Lipinski definition) is 7. The van der Waals surface area contributed by atoms with Gasteiger partial charge in [0.25, 0.3) is 0 Å². The minimum absolute atomic E-state index is 0.361. The molecule has 0 saturated heterocycles. The summed E-state index contributed by atoms with van der Waals surface area (Å²) in [6.45, 7) is 1.00. The molecule has 1 heterocycles. The Morgan fingerprint density at radius 1 is 1.18 bits per heavy atom. The molecule has 1 aliphatic rings. The minimum Gasteiger partial charge on any atom is -0.393 e. The highest BCUT2D eigenvalue weighted by Crippen LogP contribution is 2.29. The first kappa shape index (κ1) is 15.8. The van der Waals surface area contributed by atoms with Crippen LogP contribution in [-0.2, 0) is 0 Å². The van der Waals surface area contributed by atoms with E-state index in [1.807, 2.05) is 4.90 Å². The van der Waals surface area contributed by atoms with E-state index >= 15 is 0 Å². The van der Waals surface area contributed by atoms with Crippen LogP contribution in [0.25, 0.3) is 0 Å². The van der Waals surface area contributed by atoms with E-state index in [1.165, 1.54) is 19.2 Å². The van der Waals surface area contributed by atoms with Gasteiger partial charge in [0.1, 0.15) is 12.0 Å². The summed E-state index contributed by atoms with van der Waals surface area (Å²) in [5, 5.41) is 20.9. The third kappa shape index (κ3) is 3.98. The predicted octanol–water partition coefficient (Wildman–Crippen LogP) is 2.05. The monoisotopic (exact) mass is 299 g/mol. The molecule has 1 aromatic heterocycles. The molecule has 2 rings (SSSR count). The number of rotatable bonds is 7. The molecule has 0 spiro atoms. The van der Waals surface area contributed by atoms with Gasteiger partial charge in [-0.3, -0.25) is 0 Å². The highest BCUT2D eigenvalue weighted by atomic mass is 15.2. The molecule has 0 aliphatic heterocycles. The van der Waals surface area contributed by atoms with Crippen LogP contribution in [0.3, 0.4) is 0 Å². The Labute approximate surface area is 130 Å². The number of nitrogen functional groups attached to an aromatic ring is 1. The van der Waals surface area contributed by atoms with Gasteiger partial charge in [0.05, 0.1) is 25.0 Å². The first-order chi connectivity index (χ1) is 10.8. The van der Waals surface area contributed by atoms with Crippen molar-refractivity contribution in [1.29, 1.82) is 10.5 Å². The zero-order valence-corrected chi connectivity index (χ0v) is 12.6. The Morgan fingerprint density at radius 3 is 2.41 bits per heavy atom. The van der Waals surface area contributed by atoms with Gasteiger partial charge in [-0.25, -0.2) is 9.97 Å². The zero-order valence-electron chi connectivity index (χ0n) is 12.6. The van der Waals surface area contributed by atoms with Crippen LogP contribution in [0.2, 0.25) is 0 Å². The SMILES string of the molecule is N#CCCN(CCC#N)c1ncnc(NC2CCCC2)c1N. The Kier molecular flexibility index (Phi) is 5.79. The van der Waals surface area contributed by atoms with Crippen molar-refractivity contribution >= 4 is 17.3 Å². The maximum absolute atomic E-state index is 8.78. The second-order valence-electron chi connectivity index (χ2n) is 5.39. The van der Waals surface area contributed by atoms with Crippen LogP contribution in [0.15, 0.2) is 6.33 Å². The summed E-state index contributed by atoms with van der Waals surface area (Å²) < 4.78 is 0. The molecule has 0 atom stereocenters. The number of nitrogens with two attached hydrogens (primary N) is 1. The lowest BCUT2D eigenvalue weighted by Crippen LogP contribution is -2.28. The normalized spacial score (nSPS) is 14.3. The largest absolute Gasteiger partial charge is 0.393 e. The summed E-state index contributed by atoms with van der Waals surface area (Å²) in [6, 6.07) is 4.64. The molecule has 7 nitrogen and oxygen atoms in total. The Bertz CT molecular complexity index is 548. The van der Waals surface area contributed by atoms with Gasteiger partial charge in [-0.1, -0.05) is 12.8 Å². The van der Waals surface area contributed by atoms with E-state index in [1.54, 1.807) is 0 Å². The zero-order chi connectivity index (χ0) is 15.8. The van der Waals surface area contributed by atoms with Crippen molar-refractivity contribution in [2.45, 2.75) is 44.6 Å². The summed E-state index contributed by atoms with van der Waals surface area (Å²) in [5.74, 6) is 1.25. The molecular weight excluding hydrogens is 278 g/mol. The summed E-state index contributed by atoms with van der Waals surface area (Å²) in [7, 11) is 0. The number of anilines is 3. The molecule has 0 unspecified atom stereocenters. The van der Waals surface area contributed by atoms with E-state index in [2.05, 4.69) is 27.4 Å². The molecule has 1 aromatic rings. The summed E-state index contributed by atoms with van der Waals surface area (Å²) in [6.07, 6.45) is 6.92. The van der Waals surface area contributed by atoms with Gasteiger partial charge in [-0.15, -0.1) is 0 Å². The van der Waals surface area contributed by atoms with Gasteiger partial charge in [0, 0.05) is 19.1 Å². The molecule has 0 bridgehead atoms. The molecule has 1 aliphatic carbocycles. The number of nitrogens with one attached hydrogen (secondary N) is 1. The van der Waals surface area contributed by atoms with Crippen LogP contribution in [0.4, 0.5) is 17.3 Å². The van der Waals surface area contributed by atoms with Crippen molar-refractivity contribution in [3.63, 3.8) is 0 Å². The van der Waals surface area contributed by atoms with Gasteiger partial charge in [0.15, 0.2) is 11.6 Å². The van der Waals surface area contributed by atoms with Crippen LogP contribution in [-0.4, -0.2) is 29.1 Å². The van der Waals surface area contributed by atoms with E-state index in [4.69, 9.17) is 16.3 Å². The lowest BCUT2D eigenvalue weighted by molar-refractivity contribution is 0.747. The lowest BCUT2D eigenvalue weighted by Gasteiger charge is -2.24. The van der Waals surface area contributed by atoms with Crippen molar-refractivity contribution in [1.82, 2.24) is 9.97 Å². The molecule has 0 amide bonds. The predicted molar refractivity (Wildman–Crippen MR) is 85.0 cm³/mol. The summed E-state index contributed by atoms with van der Waals surface area (Å²) >= 11 is 0. The molecule has 116 valence electrons. The van der Waals surface area contributed by atoms with Crippen LogP contribution in [0.1, 0.15) is 38.5 Å². The van der Waals surface area contributed by atoms with Gasteiger partial charge < -0.3 is 16.0 Å². The third-order valence-corrected chi connectivity index (χ3v) is 3.85. The fourth-order valence-electron chi connectivity index (χ4n) is 2.71. The van der Waals surface area contributed by atoms with Gasteiger partial charge in [-0.05, 0) is 12.8 Å². The van der Waals surface area contributed by atoms with Crippen LogP contribution < -0.4 is 16.0 Å². The Hall–Kier alpha value is -2.54. The van der Waals surface area contributed by atoms with Crippen molar-refractivity contribution < 1.29 is 0 Å². The second kappa shape index (κ2) is 8.04. The Balaban J connectivity index is 2.16. The molecule has 7 heteroatoms. The Morgan fingerprint density at radius 2 is 1.82 bits per heavy atom. The van der Waals surface area contributed by atoms with E-state index in [-0.39, 0.29) is 0 Å². The molecule has 3 N–H and O–H groups in total. The lowest BCUT2D eigenvalue weighted by atomic mass is 10.2. The van der Waals surface area contributed by atoms with E-state index in [0.717, 1.165) is 12.8 Å². The maximum atomic E-state index is 8.78. The first-order valence-electron chi connectivity index (χ1n) is 7.62. The summed E-state index contributed by atoms with van der Waals surface area (Å²) in [4.78, 5) is 10.4. The van der Waals surface area contributed by atoms with Crippen LogP contribution >= 0.6 is 0 Å². The standard InChI is InChI=1S/C15H21N7/c16-7-3-9-22(10-4-8-17)15-13(18)14(19-11-20-15)21-12-5-1-2-6-12/h11-12H,1-6,9-10,18H2,(H,19,20,21). The minimum atomic E-state index is 0.361. The third-order valence-electron chi connectivity index (χ3n) is 3.85. The molecular formula is C15H21N7. The van der Waals surface area contributed by atoms with Crippen LogP contribution in [0.5, 0.6) is 0 Å². The molecule has 22 heavy (non-hydrogen) atoms. The number of nitrogens with zero attached hydrogens (tertiary/aromatic N) is 5. The fourth-order valence-corrected chi connectivity index (χ4v) is 2.71. The highest BCUT2D eigenvalue weighted by molar-refractivity contribution is 5.75. The molecule has 0 aromatic carbocycles. The number of hydrogen-bond donors (Lipinski definition) is 2. The van der Waals surface area contributed by atoms with Gasteiger partial charge in [-0.2, -0.15) is 10.5 Å². The average Bonchev–Trinajstić information content (AvgIpc) is 3.03. The number of nitriles is 2. The van der Waals surface area contributed by atoms with E-state index in [0.29, 0.717) is 49.3 Å². The highest BCUT2D eigenvalue weighted by Gasteiger charge is 2.19. The number of aromatic nitrogens is 2. The maximum Gasteiger partial charge on any atom is 0.157 e. The van der Waals surface area contributed by atoms with E-state index < -0.39 is 0 Å². The van der Waals surface area contributed by atoms with Crippen molar-refractivity contribution in [2.75, 3.05) is 29.0 Å². The summed E-state index contributed by atoms with van der Waals surface area (Å²) in [5.41, 5.74) is 6.70. The van der Waals surface area contributed by atoms with Gasteiger partial charge >= 0.3 is 0 Å². The topological polar surface area (TPSA) is 115 Å². The fraction of sp³-hybridized carbons (Fsp3) is 0.600. The molecule has 1 saturated carbocycles. The second-order valence-corrected chi connectivity index (χ2v) is 5.39. The van der Waals surface area contributed by atoms with Crippen molar-refractivity contribution in [3.05, 3.63) is 6.33 Å². The van der Waals surface area contributed by atoms with Crippen molar-refractivity contribution in [2.24, 2.45) is 0 Å².